The molecule has 0 aromatic rings. The summed E-state index contributed by atoms with van der Waals surface area (Å²) in [6.45, 7) is 7.92. The van der Waals surface area contributed by atoms with E-state index >= 15 is 0 Å². The third kappa shape index (κ3) is 7.73. The Morgan fingerprint density at radius 1 is 1.33 bits per heavy atom. The summed E-state index contributed by atoms with van der Waals surface area (Å²) in [5.74, 6) is -0.951. The molecule has 4 nitrogen and oxygen atoms in total. The molecule has 0 atom stereocenters. The predicted molar refractivity (Wildman–Crippen MR) is 56.4 cm³/mol. The van der Waals surface area contributed by atoms with Gasteiger partial charge in [0.1, 0.15) is 0 Å². The first-order valence-electron chi connectivity index (χ1n) is 5.00. The van der Waals surface area contributed by atoms with E-state index in [4.69, 9.17) is 9.84 Å². The van der Waals surface area contributed by atoms with E-state index in [9.17, 15) is 9.59 Å². The van der Waals surface area contributed by atoms with Crippen LogP contribution in [0.2, 0.25) is 0 Å². The highest BCUT2D eigenvalue weighted by Crippen LogP contribution is 2.06. The first-order chi connectivity index (χ1) is 6.93. The summed E-state index contributed by atoms with van der Waals surface area (Å²) >= 11 is 0. The molecule has 4 heteroatoms. The maximum Gasteiger partial charge on any atom is 0.333 e. The number of rotatable bonds is 7. The van der Waals surface area contributed by atoms with Crippen LogP contribution in [0.5, 0.6) is 0 Å². The topological polar surface area (TPSA) is 63.6 Å². The highest BCUT2D eigenvalue weighted by atomic mass is 16.5. The fourth-order valence-corrected chi connectivity index (χ4v) is 0.849. The molecule has 0 saturated heterocycles. The van der Waals surface area contributed by atoms with E-state index < -0.39 is 11.9 Å². The van der Waals surface area contributed by atoms with Crippen LogP contribution < -0.4 is 0 Å². The smallest absolute Gasteiger partial charge is 0.333 e. The fourth-order valence-electron chi connectivity index (χ4n) is 0.849. The molecule has 86 valence electrons. The Hall–Kier alpha value is -1.32. The molecule has 1 N–H and O–H groups in total. The van der Waals surface area contributed by atoms with Crippen molar-refractivity contribution in [3.05, 3.63) is 12.2 Å². The summed E-state index contributed by atoms with van der Waals surface area (Å²) in [4.78, 5) is 21.5. The second-order valence-corrected chi connectivity index (χ2v) is 3.82. The van der Waals surface area contributed by atoms with E-state index in [0.717, 1.165) is 6.42 Å². The third-order valence-electron chi connectivity index (χ3n) is 1.86. The lowest BCUT2D eigenvalue weighted by molar-refractivity contribution is -0.139. The zero-order chi connectivity index (χ0) is 11.8. The first-order valence-corrected chi connectivity index (χ1v) is 5.00. The van der Waals surface area contributed by atoms with Crippen LogP contribution in [-0.4, -0.2) is 23.7 Å². The van der Waals surface area contributed by atoms with E-state index in [2.05, 4.69) is 6.58 Å². The van der Waals surface area contributed by atoms with Crippen LogP contribution in [-0.2, 0) is 14.3 Å². The lowest BCUT2D eigenvalue weighted by Crippen LogP contribution is -2.10. The van der Waals surface area contributed by atoms with Crippen molar-refractivity contribution in [2.24, 2.45) is 5.92 Å². The summed E-state index contributed by atoms with van der Waals surface area (Å²) in [5.41, 5.74) is 0.223. The number of hydrogen-bond donors (Lipinski definition) is 1. The molecule has 0 bridgehead atoms. The number of esters is 1. The Kier molecular flexibility index (Phi) is 6.42. The lowest BCUT2D eigenvalue weighted by Gasteiger charge is -2.07. The molecule has 0 amide bonds. The van der Waals surface area contributed by atoms with Gasteiger partial charge in [-0.3, -0.25) is 4.79 Å². The van der Waals surface area contributed by atoms with E-state index in [1.165, 1.54) is 0 Å². The van der Waals surface area contributed by atoms with Crippen molar-refractivity contribution in [2.75, 3.05) is 6.61 Å². The van der Waals surface area contributed by atoms with Crippen LogP contribution >= 0.6 is 0 Å². The Balaban J connectivity index is 3.70. The second-order valence-electron chi connectivity index (χ2n) is 3.82. The van der Waals surface area contributed by atoms with Crippen LogP contribution in [0.15, 0.2) is 12.2 Å². The summed E-state index contributed by atoms with van der Waals surface area (Å²) in [6.07, 6.45) is 0.867. The lowest BCUT2D eigenvalue weighted by atomic mass is 10.1. The van der Waals surface area contributed by atoms with Gasteiger partial charge in [0.2, 0.25) is 0 Å². The van der Waals surface area contributed by atoms with Crippen molar-refractivity contribution in [3.8, 4) is 0 Å². The van der Waals surface area contributed by atoms with Gasteiger partial charge in [-0.1, -0.05) is 20.4 Å². The summed E-state index contributed by atoms with van der Waals surface area (Å²) in [5, 5.41) is 8.40. The minimum absolute atomic E-state index is 0.0852. The number of carbonyl (C=O) groups excluding carboxylic acids is 1. The van der Waals surface area contributed by atoms with Gasteiger partial charge in [0.15, 0.2) is 0 Å². The Labute approximate surface area is 89.9 Å². The number of carboxylic acid groups (broad SMARTS) is 1. The van der Waals surface area contributed by atoms with E-state index in [1.807, 2.05) is 13.8 Å². The first kappa shape index (κ1) is 13.7. The van der Waals surface area contributed by atoms with Crippen molar-refractivity contribution in [1.29, 1.82) is 0 Å². The Bertz CT molecular complexity index is 243. The summed E-state index contributed by atoms with van der Waals surface area (Å²) in [7, 11) is 0. The Morgan fingerprint density at radius 2 is 1.93 bits per heavy atom. The van der Waals surface area contributed by atoms with E-state index in [-0.39, 0.29) is 18.4 Å². The van der Waals surface area contributed by atoms with Gasteiger partial charge in [-0.15, -0.1) is 0 Å². The summed E-state index contributed by atoms with van der Waals surface area (Å²) < 4.78 is 4.92. The van der Waals surface area contributed by atoms with Gasteiger partial charge in [-0.05, 0) is 18.8 Å². The normalized spacial score (nSPS) is 10.1. The highest BCUT2D eigenvalue weighted by molar-refractivity contribution is 5.88. The van der Waals surface area contributed by atoms with Gasteiger partial charge in [0.25, 0.3) is 0 Å². The molecule has 0 aliphatic carbocycles. The predicted octanol–water partition coefficient (Wildman–Crippen LogP) is 2.00. The number of carboxylic acids is 1. The second kappa shape index (κ2) is 7.04. The minimum atomic E-state index is -0.939. The molecular formula is C11H18O4. The van der Waals surface area contributed by atoms with E-state index in [0.29, 0.717) is 12.5 Å². The summed E-state index contributed by atoms with van der Waals surface area (Å²) in [6, 6.07) is 0. The molecule has 0 fully saturated rings. The van der Waals surface area contributed by atoms with Crippen molar-refractivity contribution in [3.63, 3.8) is 0 Å². The Morgan fingerprint density at radius 3 is 2.40 bits per heavy atom. The molecule has 0 radical (unpaired) electrons. The maximum absolute atomic E-state index is 11.2. The minimum Gasteiger partial charge on any atom is -0.481 e. The van der Waals surface area contributed by atoms with Crippen LogP contribution in [0.3, 0.4) is 0 Å². The molecular weight excluding hydrogens is 196 g/mol. The van der Waals surface area contributed by atoms with Gasteiger partial charge in [0, 0.05) is 12.0 Å². The van der Waals surface area contributed by atoms with Crippen molar-refractivity contribution < 1.29 is 19.4 Å². The molecule has 0 heterocycles. The van der Waals surface area contributed by atoms with Crippen molar-refractivity contribution in [2.45, 2.75) is 33.1 Å². The van der Waals surface area contributed by atoms with Gasteiger partial charge in [-0.2, -0.15) is 0 Å². The van der Waals surface area contributed by atoms with Gasteiger partial charge < -0.3 is 9.84 Å². The SMILES string of the molecule is C=C(CCC(=O)O)C(=O)OCCC(C)C. The van der Waals surface area contributed by atoms with Crippen LogP contribution in [0, 0.1) is 5.92 Å². The van der Waals surface area contributed by atoms with Crippen LogP contribution in [0.1, 0.15) is 33.1 Å². The van der Waals surface area contributed by atoms with Crippen molar-refractivity contribution >= 4 is 11.9 Å². The molecule has 15 heavy (non-hydrogen) atoms. The fraction of sp³-hybridized carbons (Fsp3) is 0.636. The molecule has 0 aliphatic rings. The highest BCUT2D eigenvalue weighted by Gasteiger charge is 2.10. The maximum atomic E-state index is 11.2. The monoisotopic (exact) mass is 214 g/mol. The number of ether oxygens (including phenoxy) is 1. The third-order valence-corrected chi connectivity index (χ3v) is 1.86. The molecule has 0 rings (SSSR count). The molecule has 0 saturated carbocycles. The molecule has 0 aromatic heterocycles. The van der Waals surface area contributed by atoms with Gasteiger partial charge >= 0.3 is 11.9 Å². The standard InChI is InChI=1S/C11H18O4/c1-8(2)6-7-15-11(14)9(3)4-5-10(12)13/h8H,3-7H2,1-2H3,(H,12,13). The van der Waals surface area contributed by atoms with Crippen molar-refractivity contribution in [1.82, 2.24) is 0 Å². The number of hydrogen-bond acceptors (Lipinski definition) is 3. The number of carbonyl (C=O) groups is 2. The largest absolute Gasteiger partial charge is 0.481 e. The molecule has 0 aliphatic heterocycles. The quantitative estimate of drug-likeness (QED) is 0.520. The van der Waals surface area contributed by atoms with Crippen LogP contribution in [0.25, 0.3) is 0 Å². The van der Waals surface area contributed by atoms with Gasteiger partial charge in [0.05, 0.1) is 6.61 Å². The zero-order valence-corrected chi connectivity index (χ0v) is 9.28. The molecule has 0 unspecified atom stereocenters. The average molecular weight is 214 g/mol. The number of aliphatic carboxylic acids is 1. The zero-order valence-electron chi connectivity index (χ0n) is 9.28. The van der Waals surface area contributed by atoms with Gasteiger partial charge in [-0.25, -0.2) is 4.79 Å². The van der Waals surface area contributed by atoms with Crippen LogP contribution in [0.4, 0.5) is 0 Å². The average Bonchev–Trinajstić information content (AvgIpc) is 2.13. The molecule has 0 aromatic carbocycles. The molecule has 0 spiro atoms. The van der Waals surface area contributed by atoms with E-state index in [1.54, 1.807) is 0 Å².